The summed E-state index contributed by atoms with van der Waals surface area (Å²) < 4.78 is 1.14. The van der Waals surface area contributed by atoms with Gasteiger partial charge in [0.05, 0.1) is 0 Å². The van der Waals surface area contributed by atoms with Crippen molar-refractivity contribution >= 4 is 27.5 Å². The summed E-state index contributed by atoms with van der Waals surface area (Å²) in [6, 6.07) is 6.41. The van der Waals surface area contributed by atoms with Gasteiger partial charge >= 0.3 is 0 Å². The molecule has 1 unspecified atom stereocenters. The van der Waals surface area contributed by atoms with Crippen LogP contribution in [0.3, 0.4) is 0 Å². The fraction of sp³-hybridized carbons (Fsp3) is 0.647. The molecule has 1 aromatic rings. The van der Waals surface area contributed by atoms with Crippen LogP contribution in [-0.2, 0) is 0 Å². The van der Waals surface area contributed by atoms with E-state index in [1.165, 1.54) is 56.9 Å². The summed E-state index contributed by atoms with van der Waals surface area (Å²) in [6.45, 7) is 2.26. The molecule has 0 radical (unpaired) electrons. The molecule has 20 heavy (non-hydrogen) atoms. The first-order valence-corrected chi connectivity index (χ1v) is 8.98. The lowest BCUT2D eigenvalue weighted by Crippen LogP contribution is -2.16. The summed E-state index contributed by atoms with van der Waals surface area (Å²) in [6.07, 6.45) is 10.6. The van der Waals surface area contributed by atoms with Crippen LogP contribution in [0.1, 0.15) is 69.9 Å². The van der Waals surface area contributed by atoms with Gasteiger partial charge in [0.1, 0.15) is 0 Å². The van der Waals surface area contributed by atoms with Crippen LogP contribution in [0.25, 0.3) is 0 Å². The van der Waals surface area contributed by atoms with E-state index in [1.807, 2.05) is 19.2 Å². The highest BCUT2D eigenvalue weighted by Gasteiger charge is 2.12. The van der Waals surface area contributed by atoms with Crippen LogP contribution < -0.4 is 5.32 Å². The standard InChI is InChI=1S/C17H27BrClN/c1-3-4-5-6-7-8-9-10-17(20-2)15-13-14(19)11-12-16(15)18/h11-13,17,20H,3-10H2,1-2H3. The highest BCUT2D eigenvalue weighted by atomic mass is 79.9. The Morgan fingerprint density at radius 2 is 1.75 bits per heavy atom. The predicted octanol–water partition coefficient (Wildman–Crippen LogP) is 6.50. The Morgan fingerprint density at radius 3 is 2.40 bits per heavy atom. The smallest absolute Gasteiger partial charge is 0.0410 e. The first kappa shape index (κ1) is 18.0. The van der Waals surface area contributed by atoms with Crippen LogP contribution in [-0.4, -0.2) is 7.05 Å². The lowest BCUT2D eigenvalue weighted by molar-refractivity contribution is 0.494. The zero-order valence-electron chi connectivity index (χ0n) is 12.7. The van der Waals surface area contributed by atoms with Gasteiger partial charge in [-0.2, -0.15) is 0 Å². The van der Waals surface area contributed by atoms with Crippen LogP contribution in [0.4, 0.5) is 0 Å². The molecule has 0 fully saturated rings. The van der Waals surface area contributed by atoms with Crippen LogP contribution in [0.2, 0.25) is 5.02 Å². The van der Waals surface area contributed by atoms with Crippen LogP contribution in [0.5, 0.6) is 0 Å². The zero-order chi connectivity index (χ0) is 14.8. The van der Waals surface area contributed by atoms with Crippen molar-refractivity contribution < 1.29 is 0 Å². The van der Waals surface area contributed by atoms with Gasteiger partial charge in [0.2, 0.25) is 0 Å². The molecule has 3 heteroatoms. The van der Waals surface area contributed by atoms with E-state index in [9.17, 15) is 0 Å². The van der Waals surface area contributed by atoms with Gasteiger partial charge in [0, 0.05) is 15.5 Å². The Morgan fingerprint density at radius 1 is 1.10 bits per heavy atom. The molecule has 0 heterocycles. The van der Waals surface area contributed by atoms with Crippen molar-refractivity contribution in [1.82, 2.24) is 5.32 Å². The van der Waals surface area contributed by atoms with Crippen molar-refractivity contribution in [3.63, 3.8) is 0 Å². The molecule has 0 saturated carbocycles. The molecule has 1 atom stereocenters. The Balaban J connectivity index is 2.34. The molecule has 0 aliphatic rings. The quantitative estimate of drug-likeness (QED) is 0.469. The number of unbranched alkanes of at least 4 members (excludes halogenated alkanes) is 6. The molecule has 0 aliphatic carbocycles. The molecule has 0 aliphatic heterocycles. The van der Waals surface area contributed by atoms with Gasteiger partial charge in [-0.25, -0.2) is 0 Å². The van der Waals surface area contributed by atoms with E-state index in [2.05, 4.69) is 34.2 Å². The monoisotopic (exact) mass is 359 g/mol. The van der Waals surface area contributed by atoms with Crippen LogP contribution in [0, 0.1) is 0 Å². The highest BCUT2D eigenvalue weighted by Crippen LogP contribution is 2.29. The number of benzene rings is 1. The molecule has 0 spiro atoms. The van der Waals surface area contributed by atoms with Gasteiger partial charge in [-0.15, -0.1) is 0 Å². The molecule has 1 rings (SSSR count). The topological polar surface area (TPSA) is 12.0 Å². The first-order valence-electron chi connectivity index (χ1n) is 7.81. The minimum Gasteiger partial charge on any atom is -0.313 e. The Hall–Kier alpha value is -0.0500. The third kappa shape index (κ3) is 6.60. The Labute approximate surface area is 137 Å². The van der Waals surface area contributed by atoms with Crippen LogP contribution in [0.15, 0.2) is 22.7 Å². The summed E-state index contributed by atoms with van der Waals surface area (Å²) >= 11 is 9.73. The summed E-state index contributed by atoms with van der Waals surface area (Å²) in [4.78, 5) is 0. The molecular weight excluding hydrogens is 334 g/mol. The van der Waals surface area contributed by atoms with Gasteiger partial charge in [0.15, 0.2) is 0 Å². The van der Waals surface area contributed by atoms with E-state index in [4.69, 9.17) is 11.6 Å². The average molecular weight is 361 g/mol. The Bertz CT molecular complexity index is 381. The van der Waals surface area contributed by atoms with E-state index >= 15 is 0 Å². The maximum Gasteiger partial charge on any atom is 0.0410 e. The normalized spacial score (nSPS) is 12.6. The summed E-state index contributed by atoms with van der Waals surface area (Å²) in [7, 11) is 2.03. The zero-order valence-corrected chi connectivity index (χ0v) is 15.1. The molecule has 114 valence electrons. The number of hydrogen-bond acceptors (Lipinski definition) is 1. The number of hydrogen-bond donors (Lipinski definition) is 1. The van der Waals surface area contributed by atoms with Crippen molar-refractivity contribution in [2.45, 2.75) is 64.3 Å². The molecule has 0 aromatic heterocycles. The lowest BCUT2D eigenvalue weighted by atomic mass is 9.99. The maximum atomic E-state index is 6.10. The fourth-order valence-electron chi connectivity index (χ4n) is 2.54. The SMILES string of the molecule is CCCCCCCCCC(NC)c1cc(Cl)ccc1Br. The molecule has 1 nitrogen and oxygen atoms in total. The third-order valence-electron chi connectivity index (χ3n) is 3.78. The van der Waals surface area contributed by atoms with E-state index in [1.54, 1.807) is 0 Å². The average Bonchev–Trinajstić information content (AvgIpc) is 2.45. The molecule has 0 bridgehead atoms. The minimum absolute atomic E-state index is 0.388. The maximum absolute atomic E-state index is 6.10. The third-order valence-corrected chi connectivity index (χ3v) is 4.74. The first-order chi connectivity index (χ1) is 9.69. The van der Waals surface area contributed by atoms with E-state index in [0.717, 1.165) is 9.50 Å². The summed E-state index contributed by atoms with van der Waals surface area (Å²) in [5, 5.41) is 4.22. The number of halogens is 2. The Kier molecular flexibility index (Phi) is 9.58. The second-order valence-electron chi connectivity index (χ2n) is 5.42. The fourth-order valence-corrected chi connectivity index (χ4v) is 3.25. The van der Waals surface area contributed by atoms with E-state index in [0.29, 0.717) is 6.04 Å². The van der Waals surface area contributed by atoms with Crippen molar-refractivity contribution in [3.8, 4) is 0 Å². The van der Waals surface area contributed by atoms with Gasteiger partial charge in [0.25, 0.3) is 0 Å². The number of rotatable bonds is 10. The van der Waals surface area contributed by atoms with E-state index in [-0.39, 0.29) is 0 Å². The van der Waals surface area contributed by atoms with Gasteiger partial charge in [-0.05, 0) is 37.2 Å². The molecule has 0 amide bonds. The van der Waals surface area contributed by atoms with Crippen molar-refractivity contribution in [3.05, 3.63) is 33.3 Å². The summed E-state index contributed by atoms with van der Waals surface area (Å²) in [5.41, 5.74) is 1.27. The molecule has 1 aromatic carbocycles. The van der Waals surface area contributed by atoms with Crippen LogP contribution >= 0.6 is 27.5 Å². The second-order valence-corrected chi connectivity index (χ2v) is 6.71. The number of nitrogens with one attached hydrogen (secondary N) is 1. The van der Waals surface area contributed by atoms with Gasteiger partial charge in [-0.1, -0.05) is 79.4 Å². The summed E-state index contributed by atoms with van der Waals surface area (Å²) in [5.74, 6) is 0. The minimum atomic E-state index is 0.388. The molecule has 0 saturated heterocycles. The second kappa shape index (κ2) is 10.6. The molecular formula is C17H27BrClN. The van der Waals surface area contributed by atoms with E-state index < -0.39 is 0 Å². The molecule has 1 N–H and O–H groups in total. The highest BCUT2D eigenvalue weighted by molar-refractivity contribution is 9.10. The predicted molar refractivity (Wildman–Crippen MR) is 93.6 cm³/mol. The van der Waals surface area contributed by atoms with Crippen molar-refractivity contribution in [1.29, 1.82) is 0 Å². The van der Waals surface area contributed by atoms with Crippen molar-refractivity contribution in [2.24, 2.45) is 0 Å². The lowest BCUT2D eigenvalue weighted by Gasteiger charge is -2.18. The van der Waals surface area contributed by atoms with Gasteiger partial charge < -0.3 is 5.32 Å². The van der Waals surface area contributed by atoms with Gasteiger partial charge in [-0.3, -0.25) is 0 Å². The largest absolute Gasteiger partial charge is 0.313 e. The van der Waals surface area contributed by atoms with Crippen molar-refractivity contribution in [2.75, 3.05) is 7.05 Å².